The maximum Gasteiger partial charge on any atom is 0.337 e. The lowest BCUT2D eigenvalue weighted by molar-refractivity contribution is -0.149. The Labute approximate surface area is 197 Å². The summed E-state index contributed by atoms with van der Waals surface area (Å²) in [5.74, 6) is -3.10. The predicted molar refractivity (Wildman–Crippen MR) is 119 cm³/mol. The monoisotopic (exact) mass is 496 g/mol. The van der Waals surface area contributed by atoms with Gasteiger partial charge in [-0.1, -0.05) is 0 Å². The minimum absolute atomic E-state index is 0.00141. The maximum atomic E-state index is 13.5. The Balaban J connectivity index is 1.70. The van der Waals surface area contributed by atoms with Crippen LogP contribution in [-0.4, -0.2) is 67.9 Å². The van der Waals surface area contributed by atoms with E-state index in [1.54, 1.807) is 6.92 Å². The molecule has 0 aliphatic carbocycles. The zero-order chi connectivity index (χ0) is 25.3. The van der Waals surface area contributed by atoms with Crippen molar-refractivity contribution in [3.8, 4) is 5.75 Å². The Bertz CT molecular complexity index is 1180. The number of sulfonamides is 1. The zero-order valence-electron chi connectivity index (χ0n) is 19.2. The summed E-state index contributed by atoms with van der Waals surface area (Å²) in [7, 11) is -2.62. The van der Waals surface area contributed by atoms with E-state index in [1.807, 2.05) is 0 Å². The van der Waals surface area contributed by atoms with Gasteiger partial charge in [-0.05, 0) is 57.2 Å². The van der Waals surface area contributed by atoms with Crippen molar-refractivity contribution >= 4 is 21.9 Å². The third-order valence-corrected chi connectivity index (χ3v) is 7.42. The highest BCUT2D eigenvalue weighted by atomic mass is 32.2. The minimum Gasteiger partial charge on any atom is -0.478 e. The van der Waals surface area contributed by atoms with Crippen molar-refractivity contribution < 1.29 is 36.3 Å². The third-order valence-electron chi connectivity index (χ3n) is 5.54. The SMILES string of the molecule is COC(=O)c1ccc(S(=O)(=O)N2CCN(C(=O)C(C)(C)Oc3ccc(F)c(F)c3)C(C)C2)cc1. The van der Waals surface area contributed by atoms with Crippen LogP contribution in [0.4, 0.5) is 8.78 Å². The second kappa shape index (κ2) is 9.67. The largest absolute Gasteiger partial charge is 0.478 e. The first-order valence-corrected chi connectivity index (χ1v) is 11.9. The molecule has 0 aromatic heterocycles. The van der Waals surface area contributed by atoms with Crippen LogP contribution in [0.1, 0.15) is 31.1 Å². The Morgan fingerprint density at radius 1 is 1.03 bits per heavy atom. The van der Waals surface area contributed by atoms with E-state index in [-0.39, 0.29) is 35.8 Å². The molecule has 0 bridgehead atoms. The fraction of sp³-hybridized carbons (Fsp3) is 0.391. The highest BCUT2D eigenvalue weighted by Crippen LogP contribution is 2.26. The van der Waals surface area contributed by atoms with E-state index in [0.29, 0.717) is 0 Å². The Kier molecular flexibility index (Phi) is 7.27. The molecule has 0 N–H and O–H groups in total. The first-order chi connectivity index (χ1) is 15.9. The number of hydrogen-bond acceptors (Lipinski definition) is 6. The number of amides is 1. The summed E-state index contributed by atoms with van der Waals surface area (Å²) in [5, 5.41) is 0. The molecule has 1 atom stereocenters. The molecular formula is C23H26F2N2O6S. The molecule has 1 heterocycles. The van der Waals surface area contributed by atoms with Crippen LogP contribution in [-0.2, 0) is 19.6 Å². The van der Waals surface area contributed by atoms with E-state index in [4.69, 9.17) is 4.74 Å². The van der Waals surface area contributed by atoms with E-state index < -0.39 is 45.2 Å². The van der Waals surface area contributed by atoms with Crippen LogP contribution in [0, 0.1) is 11.6 Å². The van der Waals surface area contributed by atoms with Gasteiger partial charge >= 0.3 is 5.97 Å². The molecule has 1 unspecified atom stereocenters. The number of nitrogens with zero attached hydrogens (tertiary/aromatic N) is 2. The second-order valence-corrected chi connectivity index (χ2v) is 10.4. The van der Waals surface area contributed by atoms with Gasteiger partial charge in [-0.2, -0.15) is 4.31 Å². The topological polar surface area (TPSA) is 93.2 Å². The van der Waals surface area contributed by atoms with Crippen LogP contribution in [0.15, 0.2) is 47.4 Å². The van der Waals surface area contributed by atoms with E-state index in [1.165, 1.54) is 60.5 Å². The van der Waals surface area contributed by atoms with Crippen molar-refractivity contribution in [1.82, 2.24) is 9.21 Å². The average molecular weight is 497 g/mol. The van der Waals surface area contributed by atoms with Gasteiger partial charge < -0.3 is 14.4 Å². The number of rotatable bonds is 6. The predicted octanol–water partition coefficient (Wildman–Crippen LogP) is 2.83. The van der Waals surface area contributed by atoms with E-state index in [2.05, 4.69) is 4.74 Å². The Morgan fingerprint density at radius 2 is 1.68 bits per heavy atom. The fourth-order valence-electron chi connectivity index (χ4n) is 3.70. The lowest BCUT2D eigenvalue weighted by Crippen LogP contribution is -2.60. The van der Waals surface area contributed by atoms with Gasteiger partial charge in [0.05, 0.1) is 17.6 Å². The van der Waals surface area contributed by atoms with Crippen molar-refractivity contribution in [1.29, 1.82) is 0 Å². The summed E-state index contributed by atoms with van der Waals surface area (Å²) >= 11 is 0. The minimum atomic E-state index is -3.85. The smallest absolute Gasteiger partial charge is 0.337 e. The number of piperazine rings is 1. The van der Waals surface area contributed by atoms with Crippen molar-refractivity contribution in [2.75, 3.05) is 26.7 Å². The molecule has 184 valence electrons. The summed E-state index contributed by atoms with van der Waals surface area (Å²) in [6, 6.07) is 7.95. The quantitative estimate of drug-likeness (QED) is 0.571. The number of halogens is 2. The molecule has 3 rings (SSSR count). The summed E-state index contributed by atoms with van der Waals surface area (Å²) in [6.45, 7) is 4.95. The number of benzene rings is 2. The van der Waals surface area contributed by atoms with Gasteiger partial charge in [-0.25, -0.2) is 22.0 Å². The molecule has 2 aromatic rings. The summed E-state index contributed by atoms with van der Waals surface area (Å²) in [5.41, 5.74) is -1.17. The van der Waals surface area contributed by atoms with Crippen LogP contribution in [0.5, 0.6) is 5.75 Å². The normalized spacial score (nSPS) is 17.4. The van der Waals surface area contributed by atoms with Crippen LogP contribution in [0.3, 0.4) is 0 Å². The molecule has 1 fully saturated rings. The molecule has 2 aromatic carbocycles. The highest BCUT2D eigenvalue weighted by Gasteiger charge is 2.41. The van der Waals surface area contributed by atoms with E-state index >= 15 is 0 Å². The van der Waals surface area contributed by atoms with Gasteiger partial charge in [-0.15, -0.1) is 0 Å². The number of carbonyl (C=O) groups excluding carboxylic acids is 2. The van der Waals surface area contributed by atoms with Crippen LogP contribution < -0.4 is 4.74 Å². The van der Waals surface area contributed by atoms with Gasteiger partial charge in [0, 0.05) is 31.7 Å². The van der Waals surface area contributed by atoms with Crippen LogP contribution in [0.2, 0.25) is 0 Å². The summed E-state index contributed by atoms with van der Waals surface area (Å²) < 4.78 is 64.4. The number of hydrogen-bond donors (Lipinski definition) is 0. The Hall–Kier alpha value is -3.05. The standard InChI is InChI=1S/C23H26F2N2O6S/c1-15-14-26(34(30,31)18-8-5-16(6-9-18)21(28)32-4)11-12-27(15)22(29)23(2,3)33-17-7-10-19(24)20(25)13-17/h5-10,13,15H,11-12,14H2,1-4H3. The number of carbonyl (C=O) groups is 2. The highest BCUT2D eigenvalue weighted by molar-refractivity contribution is 7.89. The van der Waals surface area contributed by atoms with E-state index in [9.17, 15) is 26.8 Å². The molecule has 0 spiro atoms. The molecule has 34 heavy (non-hydrogen) atoms. The van der Waals surface area contributed by atoms with Crippen molar-refractivity contribution in [2.45, 2.75) is 37.3 Å². The van der Waals surface area contributed by atoms with Crippen molar-refractivity contribution in [2.24, 2.45) is 0 Å². The first-order valence-electron chi connectivity index (χ1n) is 10.5. The molecule has 1 aliphatic rings. The molecule has 1 saturated heterocycles. The molecule has 11 heteroatoms. The number of esters is 1. The number of methoxy groups -OCH3 is 1. The zero-order valence-corrected chi connectivity index (χ0v) is 20.1. The molecule has 8 nitrogen and oxygen atoms in total. The fourth-order valence-corrected chi connectivity index (χ4v) is 5.21. The van der Waals surface area contributed by atoms with E-state index in [0.717, 1.165) is 12.1 Å². The number of ether oxygens (including phenoxy) is 2. The van der Waals surface area contributed by atoms with Crippen molar-refractivity contribution in [3.63, 3.8) is 0 Å². The lowest BCUT2D eigenvalue weighted by atomic mass is 10.0. The van der Waals surface area contributed by atoms with Crippen molar-refractivity contribution in [3.05, 3.63) is 59.7 Å². The van der Waals surface area contributed by atoms with Crippen LogP contribution >= 0.6 is 0 Å². The molecule has 0 saturated carbocycles. The molecule has 1 aliphatic heterocycles. The first kappa shape index (κ1) is 25.6. The van der Waals surface area contributed by atoms with Crippen LogP contribution in [0.25, 0.3) is 0 Å². The average Bonchev–Trinajstić information content (AvgIpc) is 2.80. The summed E-state index contributed by atoms with van der Waals surface area (Å²) in [6.07, 6.45) is 0. The van der Waals surface area contributed by atoms with Gasteiger partial charge in [0.15, 0.2) is 17.2 Å². The van der Waals surface area contributed by atoms with Gasteiger partial charge in [0.2, 0.25) is 10.0 Å². The Morgan fingerprint density at radius 3 is 2.24 bits per heavy atom. The maximum absolute atomic E-state index is 13.5. The molecule has 1 amide bonds. The van der Waals surface area contributed by atoms with Gasteiger partial charge in [0.1, 0.15) is 5.75 Å². The van der Waals surface area contributed by atoms with Gasteiger partial charge in [-0.3, -0.25) is 4.79 Å². The molecular weight excluding hydrogens is 470 g/mol. The third kappa shape index (κ3) is 5.20. The second-order valence-electron chi connectivity index (χ2n) is 8.41. The lowest BCUT2D eigenvalue weighted by Gasteiger charge is -2.42. The van der Waals surface area contributed by atoms with Gasteiger partial charge in [0.25, 0.3) is 5.91 Å². The summed E-state index contributed by atoms with van der Waals surface area (Å²) in [4.78, 5) is 26.3. The molecule has 0 radical (unpaired) electrons.